The molecule has 1 N–H and O–H groups in total. The first-order valence-corrected chi connectivity index (χ1v) is 9.01. The van der Waals surface area contributed by atoms with Crippen molar-refractivity contribution in [3.8, 4) is 0 Å². The number of rotatable bonds is 4. The van der Waals surface area contributed by atoms with Gasteiger partial charge in [0.2, 0.25) is 0 Å². The molecular formula is C13H11Cl2NO2S2. The molecule has 0 aliphatic carbocycles. The third-order valence-corrected chi connectivity index (χ3v) is 5.42. The van der Waals surface area contributed by atoms with Gasteiger partial charge in [-0.25, -0.2) is 8.42 Å². The highest BCUT2D eigenvalue weighted by Crippen LogP contribution is 2.26. The summed E-state index contributed by atoms with van der Waals surface area (Å²) in [7, 11) is -3.63. The summed E-state index contributed by atoms with van der Waals surface area (Å²) in [5.41, 5.74) is 0.369. The van der Waals surface area contributed by atoms with Crippen LogP contribution in [-0.2, 0) is 10.0 Å². The van der Waals surface area contributed by atoms with Crippen molar-refractivity contribution in [1.82, 2.24) is 0 Å². The van der Waals surface area contributed by atoms with Crippen molar-refractivity contribution in [2.45, 2.75) is 9.79 Å². The second kappa shape index (κ2) is 6.26. The molecule has 0 saturated carbocycles. The monoisotopic (exact) mass is 347 g/mol. The minimum Gasteiger partial charge on any atom is -0.280 e. The number of benzene rings is 2. The van der Waals surface area contributed by atoms with E-state index in [-0.39, 0.29) is 4.90 Å². The quantitative estimate of drug-likeness (QED) is 0.827. The van der Waals surface area contributed by atoms with E-state index in [0.717, 1.165) is 4.90 Å². The Balaban J connectivity index is 2.27. The van der Waals surface area contributed by atoms with Gasteiger partial charge in [-0.3, -0.25) is 4.72 Å². The molecule has 2 aromatic rings. The van der Waals surface area contributed by atoms with E-state index in [1.807, 2.05) is 6.26 Å². The standard InChI is InChI=1S/C13H11Cl2NO2S2/c1-19-10-3-5-11(6-4-10)20(17,18)16-9-2-7-12(14)13(15)8-9/h2-8,16H,1H3. The van der Waals surface area contributed by atoms with Crippen LogP contribution in [0.25, 0.3) is 0 Å². The lowest BCUT2D eigenvalue weighted by Crippen LogP contribution is -2.12. The summed E-state index contributed by atoms with van der Waals surface area (Å²) in [5.74, 6) is 0. The average molecular weight is 348 g/mol. The molecule has 2 rings (SSSR count). The number of anilines is 1. The molecule has 0 saturated heterocycles. The first-order valence-electron chi connectivity index (χ1n) is 5.54. The molecule has 0 radical (unpaired) electrons. The number of nitrogens with one attached hydrogen (secondary N) is 1. The molecule has 0 aliphatic rings. The molecule has 7 heteroatoms. The lowest BCUT2D eigenvalue weighted by atomic mass is 10.3. The van der Waals surface area contributed by atoms with E-state index < -0.39 is 10.0 Å². The van der Waals surface area contributed by atoms with Crippen LogP contribution in [-0.4, -0.2) is 14.7 Å². The normalized spacial score (nSPS) is 11.3. The molecule has 0 fully saturated rings. The van der Waals surface area contributed by atoms with E-state index in [1.165, 1.54) is 6.07 Å². The lowest BCUT2D eigenvalue weighted by molar-refractivity contribution is 0.601. The molecule has 0 unspecified atom stereocenters. The van der Waals surface area contributed by atoms with Gasteiger partial charge in [-0.2, -0.15) is 0 Å². The summed E-state index contributed by atoms with van der Waals surface area (Å²) in [6.07, 6.45) is 1.93. The van der Waals surface area contributed by atoms with E-state index in [1.54, 1.807) is 48.2 Å². The number of hydrogen-bond donors (Lipinski definition) is 1. The molecule has 0 heterocycles. The number of sulfonamides is 1. The summed E-state index contributed by atoms with van der Waals surface area (Å²) in [4.78, 5) is 1.19. The molecular weight excluding hydrogens is 337 g/mol. The maximum Gasteiger partial charge on any atom is 0.261 e. The van der Waals surface area contributed by atoms with Crippen molar-refractivity contribution in [3.63, 3.8) is 0 Å². The molecule has 20 heavy (non-hydrogen) atoms. The van der Waals surface area contributed by atoms with Crippen molar-refractivity contribution in [2.75, 3.05) is 11.0 Å². The van der Waals surface area contributed by atoms with Crippen LogP contribution < -0.4 is 4.72 Å². The number of hydrogen-bond acceptors (Lipinski definition) is 3. The number of halogens is 2. The molecule has 0 amide bonds. The van der Waals surface area contributed by atoms with Crippen LogP contribution in [0.4, 0.5) is 5.69 Å². The van der Waals surface area contributed by atoms with Crippen molar-refractivity contribution in [2.24, 2.45) is 0 Å². The van der Waals surface area contributed by atoms with Gasteiger partial charge in [0.25, 0.3) is 10.0 Å². The Morgan fingerprint density at radius 3 is 2.20 bits per heavy atom. The summed E-state index contributed by atoms with van der Waals surface area (Å²) in [6.45, 7) is 0. The van der Waals surface area contributed by atoms with Gasteiger partial charge >= 0.3 is 0 Å². The van der Waals surface area contributed by atoms with Crippen LogP contribution in [0.2, 0.25) is 10.0 Å². The topological polar surface area (TPSA) is 46.2 Å². The highest BCUT2D eigenvalue weighted by atomic mass is 35.5. The summed E-state index contributed by atoms with van der Waals surface area (Å²) in [5, 5.41) is 0.670. The summed E-state index contributed by atoms with van der Waals surface area (Å²) in [6, 6.07) is 11.2. The Morgan fingerprint density at radius 2 is 1.65 bits per heavy atom. The fourth-order valence-corrected chi connectivity index (χ4v) is 3.28. The van der Waals surface area contributed by atoms with E-state index >= 15 is 0 Å². The fourth-order valence-electron chi connectivity index (χ4n) is 1.53. The zero-order chi connectivity index (χ0) is 14.8. The fraction of sp³-hybridized carbons (Fsp3) is 0.0769. The maximum atomic E-state index is 12.2. The van der Waals surface area contributed by atoms with Gasteiger partial charge in [0, 0.05) is 4.90 Å². The van der Waals surface area contributed by atoms with Crippen LogP contribution in [0.1, 0.15) is 0 Å². The second-order valence-electron chi connectivity index (χ2n) is 3.91. The molecule has 106 valence electrons. The van der Waals surface area contributed by atoms with Gasteiger partial charge < -0.3 is 0 Å². The molecule has 0 bridgehead atoms. The number of thioether (sulfide) groups is 1. The van der Waals surface area contributed by atoms with Gasteiger partial charge in [-0.15, -0.1) is 11.8 Å². The second-order valence-corrected chi connectivity index (χ2v) is 7.29. The van der Waals surface area contributed by atoms with Crippen molar-refractivity contribution in [3.05, 3.63) is 52.5 Å². The molecule has 3 nitrogen and oxygen atoms in total. The minimum atomic E-state index is -3.63. The van der Waals surface area contributed by atoms with Crippen LogP contribution >= 0.6 is 35.0 Å². The Kier molecular flexibility index (Phi) is 4.86. The third-order valence-electron chi connectivity index (χ3n) is 2.54. The van der Waals surface area contributed by atoms with E-state index in [0.29, 0.717) is 15.7 Å². The predicted octanol–water partition coefficient (Wildman–Crippen LogP) is 4.52. The summed E-state index contributed by atoms with van der Waals surface area (Å²) >= 11 is 13.2. The molecule has 0 atom stereocenters. The van der Waals surface area contributed by atoms with Gasteiger partial charge in [-0.05, 0) is 48.7 Å². The summed E-state index contributed by atoms with van der Waals surface area (Å²) < 4.78 is 26.9. The Labute approximate surface area is 132 Å². The van der Waals surface area contributed by atoms with Crippen LogP contribution in [0, 0.1) is 0 Å². The molecule has 2 aromatic carbocycles. The third kappa shape index (κ3) is 3.61. The van der Waals surface area contributed by atoms with Crippen LogP contribution in [0.5, 0.6) is 0 Å². The Morgan fingerprint density at radius 1 is 1.00 bits per heavy atom. The Bertz CT molecular complexity index is 716. The molecule has 0 aromatic heterocycles. The van der Waals surface area contributed by atoms with Crippen molar-refractivity contribution < 1.29 is 8.42 Å². The zero-order valence-corrected chi connectivity index (χ0v) is 13.6. The first kappa shape index (κ1) is 15.5. The highest BCUT2D eigenvalue weighted by Gasteiger charge is 2.14. The average Bonchev–Trinajstić information content (AvgIpc) is 2.43. The highest BCUT2D eigenvalue weighted by molar-refractivity contribution is 7.98. The van der Waals surface area contributed by atoms with Gasteiger partial charge in [0.1, 0.15) is 0 Å². The van der Waals surface area contributed by atoms with Crippen molar-refractivity contribution >= 4 is 50.7 Å². The van der Waals surface area contributed by atoms with Gasteiger partial charge in [0.05, 0.1) is 20.6 Å². The largest absolute Gasteiger partial charge is 0.280 e. The zero-order valence-electron chi connectivity index (χ0n) is 10.4. The van der Waals surface area contributed by atoms with Crippen molar-refractivity contribution in [1.29, 1.82) is 0 Å². The van der Waals surface area contributed by atoms with E-state index in [9.17, 15) is 8.42 Å². The van der Waals surface area contributed by atoms with Gasteiger partial charge in [0.15, 0.2) is 0 Å². The molecule has 0 aliphatic heterocycles. The van der Waals surface area contributed by atoms with E-state index in [2.05, 4.69) is 4.72 Å². The Hall–Kier alpha value is -0.880. The lowest BCUT2D eigenvalue weighted by Gasteiger charge is -2.09. The van der Waals surface area contributed by atoms with Crippen LogP contribution in [0.3, 0.4) is 0 Å². The maximum absolute atomic E-state index is 12.2. The SMILES string of the molecule is CSc1ccc(S(=O)(=O)Nc2ccc(Cl)c(Cl)c2)cc1. The van der Waals surface area contributed by atoms with Gasteiger partial charge in [-0.1, -0.05) is 23.2 Å². The minimum absolute atomic E-state index is 0.196. The first-order chi connectivity index (χ1) is 9.42. The van der Waals surface area contributed by atoms with Crippen LogP contribution in [0.15, 0.2) is 52.3 Å². The smallest absolute Gasteiger partial charge is 0.261 e. The molecule has 0 spiro atoms. The van der Waals surface area contributed by atoms with E-state index in [4.69, 9.17) is 23.2 Å². The predicted molar refractivity (Wildman–Crippen MR) is 85.5 cm³/mol.